The average Bonchev–Trinajstić information content (AvgIpc) is 2.27. The highest BCUT2D eigenvalue weighted by Gasteiger charge is 2.50. The van der Waals surface area contributed by atoms with Crippen LogP contribution in [0.3, 0.4) is 0 Å². The molecule has 1 saturated heterocycles. The Bertz CT molecular complexity index is 445. The Kier molecular flexibility index (Phi) is 2.77. The van der Waals surface area contributed by atoms with Gasteiger partial charge in [-0.1, -0.05) is 30.3 Å². The number of nitrogens with zero attached hydrogens (tertiary/aromatic N) is 1. The third-order valence-corrected chi connectivity index (χ3v) is 3.04. The van der Waals surface area contributed by atoms with Crippen molar-refractivity contribution in [2.75, 3.05) is 0 Å². The standard InChI is InChI=1S/C14H17NO2/c1-14(2,3)15-11(12(16)13(15)17)9-10-7-5-4-6-8-10/h4-8,11H,9H2,1-3H3. The molecule has 0 spiro atoms. The van der Waals surface area contributed by atoms with Crippen LogP contribution in [-0.2, 0) is 16.0 Å². The molecule has 3 nitrogen and oxygen atoms in total. The highest BCUT2D eigenvalue weighted by molar-refractivity contribution is 6.44. The number of hydrogen-bond donors (Lipinski definition) is 0. The maximum atomic E-state index is 11.6. The highest BCUT2D eigenvalue weighted by Crippen LogP contribution is 2.28. The van der Waals surface area contributed by atoms with Crippen molar-refractivity contribution < 1.29 is 9.59 Å². The summed E-state index contributed by atoms with van der Waals surface area (Å²) in [6.07, 6.45) is 0.614. The minimum atomic E-state index is -0.349. The lowest BCUT2D eigenvalue weighted by molar-refractivity contribution is -0.167. The fourth-order valence-electron chi connectivity index (χ4n) is 2.25. The summed E-state index contributed by atoms with van der Waals surface area (Å²) in [6.45, 7) is 5.86. The number of likely N-dealkylation sites (tertiary alicyclic amines) is 1. The van der Waals surface area contributed by atoms with Gasteiger partial charge in [0.25, 0.3) is 5.91 Å². The zero-order valence-electron chi connectivity index (χ0n) is 10.4. The molecule has 1 heterocycles. The Balaban J connectivity index is 2.16. The molecular formula is C14H17NO2. The van der Waals surface area contributed by atoms with Crippen LogP contribution in [0.2, 0.25) is 0 Å². The van der Waals surface area contributed by atoms with Gasteiger partial charge in [-0.2, -0.15) is 0 Å². The summed E-state index contributed by atoms with van der Waals surface area (Å²) in [7, 11) is 0. The van der Waals surface area contributed by atoms with Crippen LogP contribution >= 0.6 is 0 Å². The van der Waals surface area contributed by atoms with E-state index in [1.807, 2.05) is 51.1 Å². The Morgan fingerprint density at radius 1 is 1.12 bits per heavy atom. The Morgan fingerprint density at radius 3 is 2.24 bits per heavy atom. The number of carbonyl (C=O) groups is 2. The normalized spacial score (nSPS) is 20.4. The first-order valence-corrected chi connectivity index (χ1v) is 5.82. The highest BCUT2D eigenvalue weighted by atomic mass is 16.2. The molecule has 1 aliphatic rings. The quantitative estimate of drug-likeness (QED) is 0.575. The van der Waals surface area contributed by atoms with Crippen LogP contribution in [0.25, 0.3) is 0 Å². The molecule has 3 heteroatoms. The van der Waals surface area contributed by atoms with Gasteiger partial charge in [-0.05, 0) is 26.3 Å². The summed E-state index contributed by atoms with van der Waals surface area (Å²) in [5, 5.41) is 0. The van der Waals surface area contributed by atoms with Crippen LogP contribution in [0, 0.1) is 0 Å². The minimum Gasteiger partial charge on any atom is -0.320 e. The molecule has 0 aliphatic carbocycles. The lowest BCUT2D eigenvalue weighted by Crippen LogP contribution is -2.68. The van der Waals surface area contributed by atoms with Crippen LogP contribution in [0.15, 0.2) is 30.3 Å². The van der Waals surface area contributed by atoms with Gasteiger partial charge in [0.1, 0.15) is 6.04 Å². The van der Waals surface area contributed by atoms with Crippen LogP contribution in [0.4, 0.5) is 0 Å². The fraction of sp³-hybridized carbons (Fsp3) is 0.429. The SMILES string of the molecule is CC(C)(C)N1C(=O)C(=O)C1Cc1ccccc1. The van der Waals surface area contributed by atoms with E-state index in [4.69, 9.17) is 0 Å². The molecule has 1 aromatic rings. The van der Waals surface area contributed by atoms with Crippen molar-refractivity contribution in [1.29, 1.82) is 0 Å². The lowest BCUT2D eigenvalue weighted by atomic mass is 9.87. The Hall–Kier alpha value is -1.64. The second kappa shape index (κ2) is 3.99. The second-order valence-corrected chi connectivity index (χ2v) is 5.42. The number of hydrogen-bond acceptors (Lipinski definition) is 2. The Morgan fingerprint density at radius 2 is 1.71 bits per heavy atom. The van der Waals surface area contributed by atoms with Gasteiger partial charge < -0.3 is 4.90 Å². The van der Waals surface area contributed by atoms with Gasteiger partial charge >= 0.3 is 0 Å². The van der Waals surface area contributed by atoms with E-state index < -0.39 is 0 Å². The van der Waals surface area contributed by atoms with E-state index >= 15 is 0 Å². The molecule has 1 fully saturated rings. The Labute approximate surface area is 101 Å². The predicted molar refractivity (Wildman–Crippen MR) is 65.5 cm³/mol. The van der Waals surface area contributed by atoms with Gasteiger partial charge in [0.2, 0.25) is 5.78 Å². The average molecular weight is 231 g/mol. The lowest BCUT2D eigenvalue weighted by Gasteiger charge is -2.47. The molecule has 1 aliphatic heterocycles. The van der Waals surface area contributed by atoms with E-state index in [0.29, 0.717) is 6.42 Å². The van der Waals surface area contributed by atoms with Crippen molar-refractivity contribution in [2.24, 2.45) is 0 Å². The molecule has 2 rings (SSSR count). The molecular weight excluding hydrogens is 214 g/mol. The maximum Gasteiger partial charge on any atom is 0.293 e. The minimum absolute atomic E-state index is 0.260. The number of rotatable bonds is 2. The van der Waals surface area contributed by atoms with Gasteiger partial charge in [0, 0.05) is 12.0 Å². The first kappa shape index (κ1) is 11.8. The molecule has 0 radical (unpaired) electrons. The van der Waals surface area contributed by atoms with Crippen LogP contribution in [-0.4, -0.2) is 28.2 Å². The summed E-state index contributed by atoms with van der Waals surface area (Å²) in [5.41, 5.74) is 0.803. The number of ketones is 1. The second-order valence-electron chi connectivity index (χ2n) is 5.42. The number of amides is 1. The van der Waals surface area contributed by atoms with Crippen molar-refractivity contribution >= 4 is 11.7 Å². The van der Waals surface area contributed by atoms with Crippen molar-refractivity contribution in [2.45, 2.75) is 38.8 Å². The maximum absolute atomic E-state index is 11.6. The van der Waals surface area contributed by atoms with Crippen molar-refractivity contribution in [3.05, 3.63) is 35.9 Å². The summed E-state index contributed by atoms with van der Waals surface area (Å²) in [5.74, 6) is -0.609. The molecule has 1 aromatic carbocycles. The molecule has 0 aromatic heterocycles. The molecule has 0 N–H and O–H groups in total. The van der Waals surface area contributed by atoms with Crippen molar-refractivity contribution in [1.82, 2.24) is 4.90 Å². The summed E-state index contributed by atoms with van der Waals surface area (Å²) < 4.78 is 0. The van der Waals surface area contributed by atoms with Gasteiger partial charge in [-0.25, -0.2) is 0 Å². The van der Waals surface area contributed by atoms with E-state index in [0.717, 1.165) is 5.56 Å². The van der Waals surface area contributed by atoms with E-state index in [1.54, 1.807) is 4.90 Å². The molecule has 90 valence electrons. The first-order chi connectivity index (χ1) is 7.91. The van der Waals surface area contributed by atoms with E-state index in [-0.39, 0.29) is 23.3 Å². The largest absolute Gasteiger partial charge is 0.320 e. The van der Waals surface area contributed by atoms with Crippen molar-refractivity contribution in [3.63, 3.8) is 0 Å². The summed E-state index contributed by atoms with van der Waals surface area (Å²) >= 11 is 0. The summed E-state index contributed by atoms with van der Waals surface area (Å²) in [6, 6.07) is 9.51. The van der Waals surface area contributed by atoms with E-state index in [1.165, 1.54) is 0 Å². The van der Waals surface area contributed by atoms with Gasteiger partial charge in [-0.15, -0.1) is 0 Å². The third-order valence-electron chi connectivity index (χ3n) is 3.04. The predicted octanol–water partition coefficient (Wildman–Crippen LogP) is 1.81. The molecule has 17 heavy (non-hydrogen) atoms. The summed E-state index contributed by atoms with van der Waals surface area (Å²) in [4.78, 5) is 24.9. The van der Waals surface area contributed by atoms with Crippen LogP contribution < -0.4 is 0 Å². The fourth-order valence-corrected chi connectivity index (χ4v) is 2.25. The molecule has 1 amide bonds. The number of benzene rings is 1. The smallest absolute Gasteiger partial charge is 0.293 e. The van der Waals surface area contributed by atoms with Crippen molar-refractivity contribution in [3.8, 4) is 0 Å². The van der Waals surface area contributed by atoms with Gasteiger partial charge in [0.15, 0.2) is 0 Å². The van der Waals surface area contributed by atoms with Gasteiger partial charge in [0.05, 0.1) is 0 Å². The van der Waals surface area contributed by atoms with Crippen LogP contribution in [0.5, 0.6) is 0 Å². The van der Waals surface area contributed by atoms with E-state index in [2.05, 4.69) is 0 Å². The molecule has 0 bridgehead atoms. The zero-order chi connectivity index (χ0) is 12.6. The van der Waals surface area contributed by atoms with E-state index in [9.17, 15) is 9.59 Å². The molecule has 0 saturated carbocycles. The third kappa shape index (κ3) is 2.09. The number of Topliss-reactive ketones (excluding diaryl/α,β-unsaturated/α-hetero) is 1. The van der Waals surface area contributed by atoms with Crippen LogP contribution in [0.1, 0.15) is 26.3 Å². The topological polar surface area (TPSA) is 37.4 Å². The van der Waals surface area contributed by atoms with Gasteiger partial charge in [-0.3, -0.25) is 9.59 Å². The first-order valence-electron chi connectivity index (χ1n) is 5.82. The molecule has 1 unspecified atom stereocenters. The number of carbonyl (C=O) groups excluding carboxylic acids is 2. The number of β-lactam (4-membered cyclic amide) rings is 1. The monoisotopic (exact) mass is 231 g/mol. The molecule has 1 atom stereocenters. The zero-order valence-corrected chi connectivity index (χ0v) is 10.4.